The molecular weight excluding hydrogens is 294 g/mol. The molecule has 126 valence electrons. The number of nitrogens with zero attached hydrogens (tertiary/aromatic N) is 2. The molecule has 0 aromatic carbocycles. The van der Waals surface area contributed by atoms with Gasteiger partial charge in [-0.1, -0.05) is 6.07 Å². The van der Waals surface area contributed by atoms with Crippen molar-refractivity contribution in [2.45, 2.75) is 45.7 Å². The predicted octanol–water partition coefficient (Wildman–Crippen LogP) is 0.920. The van der Waals surface area contributed by atoms with E-state index in [1.54, 1.807) is 22.6 Å². The van der Waals surface area contributed by atoms with Gasteiger partial charge >= 0.3 is 0 Å². The first-order valence-corrected chi connectivity index (χ1v) is 7.96. The van der Waals surface area contributed by atoms with Crippen LogP contribution in [0.25, 0.3) is 0 Å². The largest absolute Gasteiger partial charge is 0.356 e. The summed E-state index contributed by atoms with van der Waals surface area (Å²) in [7, 11) is 1.74. The van der Waals surface area contributed by atoms with Crippen LogP contribution in [0.2, 0.25) is 0 Å². The number of hydrogen-bond acceptors (Lipinski definition) is 3. The van der Waals surface area contributed by atoms with Gasteiger partial charge in [-0.2, -0.15) is 0 Å². The van der Waals surface area contributed by atoms with Crippen LogP contribution in [0.1, 0.15) is 32.4 Å². The number of likely N-dealkylation sites (tertiary alicyclic amines) is 1. The summed E-state index contributed by atoms with van der Waals surface area (Å²) in [5, 5.41) is 2.90. The summed E-state index contributed by atoms with van der Waals surface area (Å²) in [5.74, 6) is -0.423. The van der Waals surface area contributed by atoms with Gasteiger partial charge in [-0.25, -0.2) is 0 Å². The molecule has 1 atom stereocenters. The molecule has 0 saturated carbocycles. The molecule has 6 heteroatoms. The van der Waals surface area contributed by atoms with Crippen molar-refractivity contribution < 1.29 is 9.59 Å². The number of carbonyl (C=O) groups excluding carboxylic acids is 2. The van der Waals surface area contributed by atoms with Crippen LogP contribution in [0.3, 0.4) is 0 Å². The average Bonchev–Trinajstić information content (AvgIpc) is 2.69. The van der Waals surface area contributed by atoms with Gasteiger partial charge in [0, 0.05) is 43.9 Å². The summed E-state index contributed by atoms with van der Waals surface area (Å²) < 4.78 is 1.70. The SMILES string of the molecule is Cc1cccc(=O)n1CCCNC(=O)[C@H]1CC(=O)N(C)C1(C)C. The third-order valence-corrected chi connectivity index (χ3v) is 4.91. The summed E-state index contributed by atoms with van der Waals surface area (Å²) in [6.45, 7) is 6.77. The quantitative estimate of drug-likeness (QED) is 0.820. The van der Waals surface area contributed by atoms with Gasteiger partial charge in [0.05, 0.1) is 5.92 Å². The van der Waals surface area contributed by atoms with E-state index in [1.165, 1.54) is 6.07 Å². The van der Waals surface area contributed by atoms with Crippen LogP contribution in [-0.4, -0.2) is 40.4 Å². The van der Waals surface area contributed by atoms with E-state index in [9.17, 15) is 14.4 Å². The third-order valence-electron chi connectivity index (χ3n) is 4.91. The average molecular weight is 319 g/mol. The number of pyridine rings is 1. The molecule has 1 fully saturated rings. The molecular formula is C17H25N3O3. The second kappa shape index (κ2) is 6.56. The summed E-state index contributed by atoms with van der Waals surface area (Å²) in [5.41, 5.74) is 0.419. The Kier molecular flexibility index (Phi) is 4.92. The zero-order valence-electron chi connectivity index (χ0n) is 14.3. The van der Waals surface area contributed by atoms with Crippen LogP contribution in [0.15, 0.2) is 23.0 Å². The molecule has 1 aromatic rings. The Morgan fingerprint density at radius 2 is 2.04 bits per heavy atom. The first-order chi connectivity index (χ1) is 10.7. The van der Waals surface area contributed by atoms with Gasteiger partial charge in [-0.15, -0.1) is 0 Å². The van der Waals surface area contributed by atoms with E-state index in [-0.39, 0.29) is 29.7 Å². The van der Waals surface area contributed by atoms with Gasteiger partial charge in [-0.3, -0.25) is 14.4 Å². The minimum atomic E-state index is -0.464. The van der Waals surface area contributed by atoms with Crippen molar-refractivity contribution in [3.63, 3.8) is 0 Å². The van der Waals surface area contributed by atoms with Crippen LogP contribution in [-0.2, 0) is 16.1 Å². The Bertz CT molecular complexity index is 663. The maximum Gasteiger partial charge on any atom is 0.250 e. The maximum atomic E-state index is 12.3. The molecule has 2 rings (SSSR count). The maximum absolute atomic E-state index is 12.3. The molecule has 6 nitrogen and oxygen atoms in total. The number of carbonyl (C=O) groups is 2. The van der Waals surface area contributed by atoms with E-state index in [0.717, 1.165) is 5.69 Å². The van der Waals surface area contributed by atoms with Gasteiger partial charge in [-0.05, 0) is 33.3 Å². The van der Waals surface area contributed by atoms with E-state index in [1.807, 2.05) is 26.8 Å². The Hall–Kier alpha value is -2.11. The monoisotopic (exact) mass is 319 g/mol. The van der Waals surface area contributed by atoms with Crippen LogP contribution >= 0.6 is 0 Å². The van der Waals surface area contributed by atoms with Crippen molar-refractivity contribution in [2.75, 3.05) is 13.6 Å². The second-order valence-corrected chi connectivity index (χ2v) is 6.66. The second-order valence-electron chi connectivity index (χ2n) is 6.66. The molecule has 0 aliphatic carbocycles. The lowest BCUT2D eigenvalue weighted by Gasteiger charge is -2.32. The van der Waals surface area contributed by atoms with Gasteiger partial charge in [0.2, 0.25) is 11.8 Å². The van der Waals surface area contributed by atoms with E-state index < -0.39 is 5.54 Å². The number of aromatic nitrogens is 1. The smallest absolute Gasteiger partial charge is 0.250 e. The van der Waals surface area contributed by atoms with Crippen molar-refractivity contribution in [1.82, 2.24) is 14.8 Å². The van der Waals surface area contributed by atoms with Crippen LogP contribution in [0, 0.1) is 12.8 Å². The lowest BCUT2D eigenvalue weighted by atomic mass is 9.88. The Morgan fingerprint density at radius 1 is 1.35 bits per heavy atom. The first kappa shape index (κ1) is 17.2. The Labute approximate surface area is 136 Å². The first-order valence-electron chi connectivity index (χ1n) is 7.96. The van der Waals surface area contributed by atoms with Crippen LogP contribution in [0.4, 0.5) is 0 Å². The van der Waals surface area contributed by atoms with Crippen molar-refractivity contribution in [2.24, 2.45) is 5.92 Å². The number of aryl methyl sites for hydroxylation is 1. The molecule has 0 unspecified atom stereocenters. The number of amides is 2. The van der Waals surface area contributed by atoms with Crippen LogP contribution in [0.5, 0.6) is 0 Å². The van der Waals surface area contributed by atoms with Gasteiger partial charge in [0.15, 0.2) is 0 Å². The highest BCUT2D eigenvalue weighted by Crippen LogP contribution is 2.34. The van der Waals surface area contributed by atoms with E-state index in [0.29, 0.717) is 19.5 Å². The van der Waals surface area contributed by atoms with Crippen molar-refractivity contribution in [1.29, 1.82) is 0 Å². The summed E-state index contributed by atoms with van der Waals surface area (Å²) in [6, 6.07) is 5.17. The summed E-state index contributed by atoms with van der Waals surface area (Å²) in [6.07, 6.45) is 0.931. The third kappa shape index (κ3) is 3.46. The van der Waals surface area contributed by atoms with Gasteiger partial charge in [0.25, 0.3) is 5.56 Å². The zero-order chi connectivity index (χ0) is 17.2. The molecule has 1 aromatic heterocycles. The normalized spacial score (nSPS) is 19.9. The lowest BCUT2D eigenvalue weighted by molar-refractivity contribution is -0.128. The Morgan fingerprint density at radius 3 is 2.61 bits per heavy atom. The van der Waals surface area contributed by atoms with Crippen molar-refractivity contribution in [3.8, 4) is 0 Å². The highest BCUT2D eigenvalue weighted by atomic mass is 16.2. The molecule has 2 amide bonds. The van der Waals surface area contributed by atoms with Crippen LogP contribution < -0.4 is 10.9 Å². The van der Waals surface area contributed by atoms with E-state index in [2.05, 4.69) is 5.32 Å². The molecule has 0 radical (unpaired) electrons. The highest BCUT2D eigenvalue weighted by Gasteiger charge is 2.47. The van der Waals surface area contributed by atoms with Crippen molar-refractivity contribution >= 4 is 11.8 Å². The predicted molar refractivity (Wildman–Crippen MR) is 88.0 cm³/mol. The van der Waals surface area contributed by atoms with Crippen molar-refractivity contribution in [3.05, 3.63) is 34.2 Å². The Balaban J connectivity index is 1.86. The summed E-state index contributed by atoms with van der Waals surface area (Å²) in [4.78, 5) is 37.6. The minimum Gasteiger partial charge on any atom is -0.356 e. The number of nitrogens with one attached hydrogen (secondary N) is 1. The number of hydrogen-bond donors (Lipinski definition) is 1. The topological polar surface area (TPSA) is 71.4 Å². The van der Waals surface area contributed by atoms with E-state index in [4.69, 9.17) is 0 Å². The fraction of sp³-hybridized carbons (Fsp3) is 0.588. The standard InChI is InChI=1S/C17H25N3O3/c1-12-7-5-8-14(21)20(12)10-6-9-18-16(23)13-11-15(22)19(4)17(13,2)3/h5,7-8,13H,6,9-11H2,1-4H3,(H,18,23)/t13-/m1/s1. The molecule has 1 aliphatic heterocycles. The molecule has 0 spiro atoms. The number of rotatable bonds is 5. The molecule has 1 N–H and O–H groups in total. The van der Waals surface area contributed by atoms with Gasteiger partial charge < -0.3 is 14.8 Å². The van der Waals surface area contributed by atoms with E-state index >= 15 is 0 Å². The molecule has 1 saturated heterocycles. The fourth-order valence-electron chi connectivity index (χ4n) is 3.01. The lowest BCUT2D eigenvalue weighted by Crippen LogP contribution is -2.47. The van der Waals surface area contributed by atoms with Gasteiger partial charge in [0.1, 0.15) is 0 Å². The molecule has 1 aliphatic rings. The minimum absolute atomic E-state index is 0.00149. The molecule has 0 bridgehead atoms. The molecule has 2 heterocycles. The molecule has 23 heavy (non-hydrogen) atoms. The highest BCUT2D eigenvalue weighted by molar-refractivity contribution is 5.90. The zero-order valence-corrected chi connectivity index (χ0v) is 14.3. The summed E-state index contributed by atoms with van der Waals surface area (Å²) >= 11 is 0. The fourth-order valence-corrected chi connectivity index (χ4v) is 3.01.